The molecule has 6 heteroatoms. The number of ether oxygens (including phenoxy) is 3. The van der Waals surface area contributed by atoms with Crippen molar-refractivity contribution in [2.75, 3.05) is 13.2 Å². The van der Waals surface area contributed by atoms with E-state index in [4.69, 9.17) is 14.2 Å². The summed E-state index contributed by atoms with van der Waals surface area (Å²) < 4.78 is 16.4. The first-order valence-electron chi connectivity index (χ1n) is 22.7. The Labute approximate surface area is 349 Å². The van der Waals surface area contributed by atoms with Gasteiger partial charge in [-0.15, -0.1) is 0 Å². The minimum absolute atomic E-state index is 0.0879. The van der Waals surface area contributed by atoms with E-state index in [2.05, 4.69) is 118 Å². The highest BCUT2D eigenvalue weighted by Crippen LogP contribution is 2.11. The van der Waals surface area contributed by atoms with Crippen LogP contribution in [0, 0.1) is 0 Å². The second-order valence-corrected chi connectivity index (χ2v) is 14.6. The zero-order valence-corrected chi connectivity index (χ0v) is 36.6. The standard InChI is InChI=1S/C51H82O6/c1-4-7-10-13-14-15-16-17-18-19-20-21-22-23-24-25-26-27-28-29-30-31-32-33-34-35-36-39-41-44-50(53)56-47-48(57-51(54)45-42-38-12-9-6-3)46-55-49(52)43-40-37-11-8-5-2/h7,10,14-15,17-18,20-21,23-24,26-27,29-30,32-33,48H,4-6,8-9,11-13,16,19,22,25,28,31,34-47H2,1-3H3/b10-7-,15-14-,18-17-,21-20-,24-23-,27-26-,30-29-,33-32-. The minimum atomic E-state index is -0.778. The first kappa shape index (κ1) is 53.3. The van der Waals surface area contributed by atoms with Crippen LogP contribution in [0.1, 0.15) is 188 Å². The summed E-state index contributed by atoms with van der Waals surface area (Å²) in [4.78, 5) is 37.1. The van der Waals surface area contributed by atoms with E-state index in [1.165, 1.54) is 6.42 Å². The van der Waals surface area contributed by atoms with Crippen LogP contribution in [0.5, 0.6) is 0 Å². The van der Waals surface area contributed by atoms with E-state index in [9.17, 15) is 14.4 Å². The Morgan fingerprint density at radius 1 is 0.368 bits per heavy atom. The van der Waals surface area contributed by atoms with Crippen LogP contribution in [-0.2, 0) is 28.6 Å². The molecule has 0 aliphatic rings. The Morgan fingerprint density at radius 2 is 0.684 bits per heavy atom. The van der Waals surface area contributed by atoms with Gasteiger partial charge in [0, 0.05) is 19.3 Å². The van der Waals surface area contributed by atoms with Crippen LogP contribution >= 0.6 is 0 Å². The quantitative estimate of drug-likeness (QED) is 0.0267. The average molecular weight is 791 g/mol. The van der Waals surface area contributed by atoms with Crippen molar-refractivity contribution in [3.05, 3.63) is 97.2 Å². The number of hydrogen-bond donors (Lipinski definition) is 0. The number of allylic oxidation sites excluding steroid dienone is 16. The lowest BCUT2D eigenvalue weighted by Crippen LogP contribution is -2.30. The topological polar surface area (TPSA) is 78.9 Å². The first-order valence-corrected chi connectivity index (χ1v) is 22.7. The molecule has 0 N–H and O–H groups in total. The van der Waals surface area contributed by atoms with E-state index < -0.39 is 6.10 Å². The minimum Gasteiger partial charge on any atom is -0.462 e. The molecule has 6 nitrogen and oxygen atoms in total. The van der Waals surface area contributed by atoms with Gasteiger partial charge in [0.25, 0.3) is 0 Å². The Bertz CT molecular complexity index is 1180. The van der Waals surface area contributed by atoms with E-state index >= 15 is 0 Å². The van der Waals surface area contributed by atoms with Crippen LogP contribution < -0.4 is 0 Å². The summed E-state index contributed by atoms with van der Waals surface area (Å²) in [5, 5.41) is 0. The molecule has 0 bridgehead atoms. The molecule has 0 radical (unpaired) electrons. The zero-order chi connectivity index (χ0) is 41.5. The monoisotopic (exact) mass is 791 g/mol. The van der Waals surface area contributed by atoms with Crippen LogP contribution in [0.2, 0.25) is 0 Å². The Kier molecular flexibility index (Phi) is 42.1. The maximum absolute atomic E-state index is 12.4. The SMILES string of the molecule is CC/C=C\C/C=C\C/C=C\C/C=C\C/C=C\C/C=C\C/C=C\C/C=C\CCCCCCC(=O)OCC(COC(=O)CCCCCCC)OC(=O)CCCCCCC. The summed E-state index contributed by atoms with van der Waals surface area (Å²) in [6.07, 6.45) is 59.0. The fourth-order valence-corrected chi connectivity index (χ4v) is 5.69. The van der Waals surface area contributed by atoms with E-state index in [1.807, 2.05) is 0 Å². The molecule has 0 aromatic rings. The highest BCUT2D eigenvalue weighted by atomic mass is 16.6. The van der Waals surface area contributed by atoms with Crippen molar-refractivity contribution in [1.82, 2.24) is 0 Å². The van der Waals surface area contributed by atoms with Gasteiger partial charge in [-0.1, -0.05) is 182 Å². The van der Waals surface area contributed by atoms with E-state index in [-0.39, 0.29) is 31.1 Å². The molecule has 0 aliphatic heterocycles. The van der Waals surface area contributed by atoms with Gasteiger partial charge in [-0.3, -0.25) is 14.4 Å². The molecule has 0 heterocycles. The van der Waals surface area contributed by atoms with Crippen LogP contribution in [0.4, 0.5) is 0 Å². The maximum atomic E-state index is 12.4. The van der Waals surface area contributed by atoms with Crippen LogP contribution in [0.3, 0.4) is 0 Å². The van der Waals surface area contributed by atoms with Gasteiger partial charge < -0.3 is 14.2 Å². The van der Waals surface area contributed by atoms with Gasteiger partial charge in [0.05, 0.1) is 0 Å². The Morgan fingerprint density at radius 3 is 1.05 bits per heavy atom. The number of carbonyl (C=O) groups is 3. The molecule has 57 heavy (non-hydrogen) atoms. The van der Waals surface area contributed by atoms with Crippen molar-refractivity contribution in [3.8, 4) is 0 Å². The molecular weight excluding hydrogens is 709 g/mol. The van der Waals surface area contributed by atoms with Gasteiger partial charge in [0.2, 0.25) is 0 Å². The molecular formula is C51H82O6. The second-order valence-electron chi connectivity index (χ2n) is 14.6. The molecule has 0 rings (SSSR count). The van der Waals surface area contributed by atoms with Gasteiger partial charge >= 0.3 is 17.9 Å². The summed E-state index contributed by atoms with van der Waals surface area (Å²) in [5.41, 5.74) is 0. The third kappa shape index (κ3) is 43.3. The molecule has 1 unspecified atom stereocenters. The number of carbonyl (C=O) groups excluding carboxylic acids is 3. The lowest BCUT2D eigenvalue weighted by atomic mass is 10.1. The van der Waals surface area contributed by atoms with Crippen molar-refractivity contribution in [3.63, 3.8) is 0 Å². The molecule has 0 amide bonds. The molecule has 0 fully saturated rings. The highest BCUT2D eigenvalue weighted by molar-refractivity contribution is 5.71. The largest absolute Gasteiger partial charge is 0.462 e. The van der Waals surface area contributed by atoms with Crippen LogP contribution in [0.15, 0.2) is 97.2 Å². The van der Waals surface area contributed by atoms with Crippen molar-refractivity contribution in [2.24, 2.45) is 0 Å². The number of hydrogen-bond acceptors (Lipinski definition) is 6. The van der Waals surface area contributed by atoms with E-state index in [0.29, 0.717) is 19.3 Å². The van der Waals surface area contributed by atoms with Gasteiger partial charge in [-0.05, 0) is 83.5 Å². The van der Waals surface area contributed by atoms with Crippen molar-refractivity contribution < 1.29 is 28.6 Å². The maximum Gasteiger partial charge on any atom is 0.306 e. The van der Waals surface area contributed by atoms with Crippen molar-refractivity contribution in [2.45, 2.75) is 194 Å². The lowest BCUT2D eigenvalue weighted by molar-refractivity contribution is -0.167. The summed E-state index contributed by atoms with van der Waals surface area (Å²) in [7, 11) is 0. The molecule has 0 saturated heterocycles. The fourth-order valence-electron chi connectivity index (χ4n) is 5.69. The summed E-state index contributed by atoms with van der Waals surface area (Å²) in [6.45, 7) is 6.29. The number of rotatable bonds is 39. The Balaban J connectivity index is 4.05. The molecule has 0 spiro atoms. The van der Waals surface area contributed by atoms with Crippen LogP contribution in [0.25, 0.3) is 0 Å². The molecule has 1 atom stereocenters. The van der Waals surface area contributed by atoms with Crippen LogP contribution in [-0.4, -0.2) is 37.2 Å². The second kappa shape index (κ2) is 45.0. The normalized spacial score (nSPS) is 13.0. The predicted molar refractivity (Wildman–Crippen MR) is 242 cm³/mol. The highest BCUT2D eigenvalue weighted by Gasteiger charge is 2.19. The van der Waals surface area contributed by atoms with E-state index in [1.54, 1.807) is 0 Å². The van der Waals surface area contributed by atoms with E-state index in [0.717, 1.165) is 141 Å². The third-order valence-electron chi connectivity index (χ3n) is 9.10. The smallest absolute Gasteiger partial charge is 0.306 e. The van der Waals surface area contributed by atoms with Crippen molar-refractivity contribution >= 4 is 17.9 Å². The van der Waals surface area contributed by atoms with Gasteiger partial charge in [0.15, 0.2) is 6.10 Å². The molecule has 0 saturated carbocycles. The summed E-state index contributed by atoms with van der Waals surface area (Å²) in [6, 6.07) is 0. The Hall–Kier alpha value is -3.67. The average Bonchev–Trinajstić information content (AvgIpc) is 3.21. The molecule has 0 aromatic heterocycles. The molecule has 0 aliphatic carbocycles. The zero-order valence-electron chi connectivity index (χ0n) is 36.6. The van der Waals surface area contributed by atoms with Gasteiger partial charge in [-0.25, -0.2) is 0 Å². The number of unbranched alkanes of at least 4 members (excludes halogenated alkanes) is 12. The number of esters is 3. The third-order valence-corrected chi connectivity index (χ3v) is 9.10. The van der Waals surface area contributed by atoms with Gasteiger partial charge in [-0.2, -0.15) is 0 Å². The molecule has 0 aromatic carbocycles. The van der Waals surface area contributed by atoms with Gasteiger partial charge in [0.1, 0.15) is 13.2 Å². The predicted octanol–water partition coefficient (Wildman–Crippen LogP) is 14.6. The lowest BCUT2D eigenvalue weighted by Gasteiger charge is -2.18. The summed E-state index contributed by atoms with van der Waals surface area (Å²) >= 11 is 0. The van der Waals surface area contributed by atoms with Crippen molar-refractivity contribution in [1.29, 1.82) is 0 Å². The first-order chi connectivity index (χ1) is 28.0. The fraction of sp³-hybridized carbons (Fsp3) is 0.627. The summed E-state index contributed by atoms with van der Waals surface area (Å²) in [5.74, 6) is -0.954. The molecule has 322 valence electrons.